The van der Waals surface area contributed by atoms with Crippen LogP contribution in [-0.4, -0.2) is 9.38 Å². The fraction of sp³-hybridized carbons (Fsp3) is 0. The maximum atomic E-state index is 13.0. The quantitative estimate of drug-likeness (QED) is 0.616. The van der Waals surface area contributed by atoms with Gasteiger partial charge in [-0.25, -0.2) is 4.98 Å². The van der Waals surface area contributed by atoms with Crippen LogP contribution in [0.2, 0.25) is 0 Å². The Morgan fingerprint density at radius 1 is 1.45 bits per heavy atom. The molecular formula is C7H4BrFN2. The van der Waals surface area contributed by atoms with Crippen LogP contribution in [0.5, 0.6) is 0 Å². The lowest BCUT2D eigenvalue weighted by atomic mass is 10.4. The maximum Gasteiger partial charge on any atom is 0.200 e. The summed E-state index contributed by atoms with van der Waals surface area (Å²) in [5.41, 5.74) is 0.747. The molecule has 0 radical (unpaired) electrons. The Balaban J connectivity index is 2.96. The van der Waals surface area contributed by atoms with Gasteiger partial charge in [0.05, 0.1) is 11.7 Å². The highest BCUT2D eigenvalue weighted by Crippen LogP contribution is 2.13. The Kier molecular flexibility index (Phi) is 1.42. The first-order valence-electron chi connectivity index (χ1n) is 3.06. The third-order valence-electron chi connectivity index (χ3n) is 1.46. The van der Waals surface area contributed by atoms with Crippen LogP contribution in [0.1, 0.15) is 0 Å². The number of imidazole rings is 1. The Hall–Kier alpha value is -0.900. The van der Waals surface area contributed by atoms with Gasteiger partial charge in [0.1, 0.15) is 0 Å². The van der Waals surface area contributed by atoms with E-state index >= 15 is 0 Å². The predicted octanol–water partition coefficient (Wildman–Crippen LogP) is 2.24. The zero-order valence-corrected chi connectivity index (χ0v) is 7.05. The van der Waals surface area contributed by atoms with Gasteiger partial charge in [-0.2, -0.15) is 4.39 Å². The van der Waals surface area contributed by atoms with E-state index in [1.807, 2.05) is 0 Å². The summed E-state index contributed by atoms with van der Waals surface area (Å²) >= 11 is 3.13. The highest BCUT2D eigenvalue weighted by atomic mass is 79.9. The number of hydrogen-bond donors (Lipinski definition) is 0. The zero-order valence-electron chi connectivity index (χ0n) is 5.46. The number of rotatable bonds is 0. The van der Waals surface area contributed by atoms with Gasteiger partial charge in [0, 0.05) is 0 Å². The number of aromatic nitrogens is 2. The van der Waals surface area contributed by atoms with Gasteiger partial charge in [-0.15, -0.1) is 0 Å². The van der Waals surface area contributed by atoms with Crippen LogP contribution in [0.3, 0.4) is 0 Å². The molecule has 0 unspecified atom stereocenters. The molecule has 0 fully saturated rings. The van der Waals surface area contributed by atoms with Crippen LogP contribution < -0.4 is 0 Å². The molecule has 0 atom stereocenters. The van der Waals surface area contributed by atoms with E-state index in [2.05, 4.69) is 20.9 Å². The van der Waals surface area contributed by atoms with Gasteiger partial charge in [-0.3, -0.25) is 4.40 Å². The lowest BCUT2D eigenvalue weighted by molar-refractivity contribution is 0.563. The molecule has 0 bridgehead atoms. The minimum absolute atomic E-state index is 0.313. The van der Waals surface area contributed by atoms with Crippen LogP contribution in [-0.2, 0) is 0 Å². The molecule has 11 heavy (non-hydrogen) atoms. The average molecular weight is 215 g/mol. The van der Waals surface area contributed by atoms with E-state index < -0.39 is 0 Å². The summed E-state index contributed by atoms with van der Waals surface area (Å²) in [7, 11) is 0. The molecule has 2 rings (SSSR count). The van der Waals surface area contributed by atoms with Crippen molar-refractivity contribution in [3.63, 3.8) is 0 Å². The van der Waals surface area contributed by atoms with Crippen LogP contribution in [0.15, 0.2) is 29.1 Å². The molecule has 0 aromatic carbocycles. The van der Waals surface area contributed by atoms with Crippen molar-refractivity contribution in [3.05, 3.63) is 35.1 Å². The second-order valence-electron chi connectivity index (χ2n) is 2.14. The summed E-state index contributed by atoms with van der Waals surface area (Å²) in [5.74, 6) is -0.313. The largest absolute Gasteiger partial charge is 0.263 e. The van der Waals surface area contributed by atoms with Crippen LogP contribution >= 0.6 is 15.9 Å². The van der Waals surface area contributed by atoms with Crippen molar-refractivity contribution in [2.45, 2.75) is 0 Å². The van der Waals surface area contributed by atoms with Gasteiger partial charge in [0.2, 0.25) is 0 Å². The van der Waals surface area contributed by atoms with Crippen molar-refractivity contribution in [1.29, 1.82) is 0 Å². The number of pyridine rings is 1. The monoisotopic (exact) mass is 214 g/mol. The van der Waals surface area contributed by atoms with Crippen LogP contribution in [0.25, 0.3) is 5.52 Å². The van der Waals surface area contributed by atoms with E-state index in [0.29, 0.717) is 4.73 Å². The molecule has 2 nitrogen and oxygen atoms in total. The van der Waals surface area contributed by atoms with Gasteiger partial charge >= 0.3 is 0 Å². The van der Waals surface area contributed by atoms with E-state index in [0.717, 1.165) is 5.52 Å². The van der Waals surface area contributed by atoms with Crippen molar-refractivity contribution >= 4 is 21.4 Å². The lowest BCUT2D eigenvalue weighted by Crippen LogP contribution is -1.90. The predicted molar refractivity (Wildman–Crippen MR) is 42.9 cm³/mol. The standard InChI is InChI=1S/C7H4BrFN2/c8-7-10-4-5-2-1-3-6(9)11(5)7/h1-4H. The summed E-state index contributed by atoms with van der Waals surface area (Å²) < 4.78 is 14.9. The van der Waals surface area contributed by atoms with Gasteiger partial charge in [-0.05, 0) is 28.1 Å². The van der Waals surface area contributed by atoms with Crippen molar-refractivity contribution in [2.75, 3.05) is 0 Å². The first kappa shape index (κ1) is 6.79. The van der Waals surface area contributed by atoms with Crippen molar-refractivity contribution < 1.29 is 4.39 Å². The molecule has 2 heterocycles. The third-order valence-corrected chi connectivity index (χ3v) is 2.02. The van der Waals surface area contributed by atoms with E-state index in [9.17, 15) is 4.39 Å². The highest BCUT2D eigenvalue weighted by Gasteiger charge is 2.02. The average Bonchev–Trinajstić information content (AvgIpc) is 2.34. The summed E-state index contributed by atoms with van der Waals surface area (Å²) in [6.45, 7) is 0. The fourth-order valence-electron chi connectivity index (χ4n) is 0.971. The van der Waals surface area contributed by atoms with E-state index in [1.165, 1.54) is 10.5 Å². The van der Waals surface area contributed by atoms with Crippen LogP contribution in [0, 0.1) is 5.95 Å². The number of fused-ring (bicyclic) bond motifs is 1. The molecule has 4 heteroatoms. The summed E-state index contributed by atoms with van der Waals surface area (Å²) in [4.78, 5) is 3.90. The van der Waals surface area contributed by atoms with E-state index in [1.54, 1.807) is 18.3 Å². The Bertz CT molecular complexity index is 396. The summed E-state index contributed by atoms with van der Waals surface area (Å²) in [6.07, 6.45) is 1.60. The van der Waals surface area contributed by atoms with Gasteiger partial charge in [-0.1, -0.05) is 6.07 Å². The molecule has 0 saturated heterocycles. The number of nitrogens with zero attached hydrogens (tertiary/aromatic N) is 2. The zero-order chi connectivity index (χ0) is 7.84. The highest BCUT2D eigenvalue weighted by molar-refractivity contribution is 9.10. The molecule has 0 aliphatic heterocycles. The fourth-order valence-corrected chi connectivity index (χ4v) is 1.45. The van der Waals surface area contributed by atoms with Gasteiger partial charge in [0.25, 0.3) is 0 Å². The minimum Gasteiger partial charge on any atom is -0.263 e. The van der Waals surface area contributed by atoms with Crippen LogP contribution in [0.4, 0.5) is 4.39 Å². The third kappa shape index (κ3) is 0.939. The molecule has 56 valence electrons. The molecule has 2 aromatic heterocycles. The molecular weight excluding hydrogens is 211 g/mol. The second kappa shape index (κ2) is 2.30. The number of halogens is 2. The molecule has 2 aromatic rings. The summed E-state index contributed by atoms with van der Waals surface area (Å²) in [5, 5.41) is 0. The van der Waals surface area contributed by atoms with E-state index in [4.69, 9.17) is 0 Å². The SMILES string of the molecule is Fc1cccc2cnc(Br)n12. The number of hydrogen-bond acceptors (Lipinski definition) is 1. The second-order valence-corrected chi connectivity index (χ2v) is 2.85. The van der Waals surface area contributed by atoms with Gasteiger partial charge < -0.3 is 0 Å². The van der Waals surface area contributed by atoms with Crippen molar-refractivity contribution in [3.8, 4) is 0 Å². The molecule has 0 aliphatic rings. The van der Waals surface area contributed by atoms with E-state index in [-0.39, 0.29) is 5.95 Å². The van der Waals surface area contributed by atoms with Gasteiger partial charge in [0.15, 0.2) is 10.7 Å². The molecule has 0 saturated carbocycles. The van der Waals surface area contributed by atoms with Crippen molar-refractivity contribution in [2.24, 2.45) is 0 Å². The Morgan fingerprint density at radius 3 is 3.00 bits per heavy atom. The smallest absolute Gasteiger partial charge is 0.200 e. The van der Waals surface area contributed by atoms with Crippen molar-refractivity contribution in [1.82, 2.24) is 9.38 Å². The molecule has 0 spiro atoms. The summed E-state index contributed by atoms with van der Waals surface area (Å²) in [6, 6.07) is 4.83. The first-order chi connectivity index (χ1) is 5.29. The molecule has 0 aliphatic carbocycles. The topological polar surface area (TPSA) is 17.3 Å². The molecule has 0 N–H and O–H groups in total. The first-order valence-corrected chi connectivity index (χ1v) is 3.86. The maximum absolute atomic E-state index is 13.0. The normalized spacial score (nSPS) is 10.7. The Labute approximate surface area is 70.8 Å². The lowest BCUT2D eigenvalue weighted by Gasteiger charge is -1.94. The molecule has 0 amide bonds. The Morgan fingerprint density at radius 2 is 2.27 bits per heavy atom. The minimum atomic E-state index is -0.313.